The maximum atomic E-state index is 12.4. The number of para-hydroxylation sites is 2. The number of ether oxygens (including phenoxy) is 1. The van der Waals surface area contributed by atoms with E-state index in [9.17, 15) is 14.4 Å². The van der Waals surface area contributed by atoms with Crippen LogP contribution >= 0.6 is 11.6 Å². The van der Waals surface area contributed by atoms with E-state index in [2.05, 4.69) is 4.98 Å². The van der Waals surface area contributed by atoms with Crippen molar-refractivity contribution >= 4 is 28.4 Å². The Morgan fingerprint density at radius 3 is 2.64 bits per heavy atom. The highest BCUT2D eigenvalue weighted by Gasteiger charge is 2.12. The van der Waals surface area contributed by atoms with Crippen molar-refractivity contribution in [2.45, 2.75) is 13.0 Å². The van der Waals surface area contributed by atoms with Crippen LogP contribution < -0.4 is 16.0 Å². The van der Waals surface area contributed by atoms with Gasteiger partial charge in [0, 0.05) is 20.0 Å². The lowest BCUT2D eigenvalue weighted by Gasteiger charge is -2.18. The molecule has 1 aromatic heterocycles. The van der Waals surface area contributed by atoms with Crippen LogP contribution in [0, 0.1) is 0 Å². The van der Waals surface area contributed by atoms with Crippen molar-refractivity contribution in [3.05, 3.63) is 74.4 Å². The highest BCUT2D eigenvalue weighted by Crippen LogP contribution is 2.22. The SMILES string of the molecule is CN(CCOc1ccccc1Cl)C(=O)CCn1c(=O)[nH]c(=O)c2ccccc21. The number of aryl methyl sites for hydroxylation is 1. The first-order valence-electron chi connectivity index (χ1n) is 8.80. The van der Waals surface area contributed by atoms with Gasteiger partial charge in [-0.2, -0.15) is 0 Å². The third-order valence-corrected chi connectivity index (χ3v) is 4.71. The van der Waals surface area contributed by atoms with Gasteiger partial charge in [-0.15, -0.1) is 0 Å². The second kappa shape index (κ2) is 8.75. The van der Waals surface area contributed by atoms with Crippen molar-refractivity contribution < 1.29 is 9.53 Å². The molecule has 0 spiro atoms. The van der Waals surface area contributed by atoms with Gasteiger partial charge in [0.15, 0.2) is 0 Å². The van der Waals surface area contributed by atoms with Crippen molar-refractivity contribution in [1.29, 1.82) is 0 Å². The molecule has 0 aliphatic carbocycles. The van der Waals surface area contributed by atoms with Crippen LogP contribution in [0.1, 0.15) is 6.42 Å². The summed E-state index contributed by atoms with van der Waals surface area (Å²) in [6.07, 6.45) is 0.124. The van der Waals surface area contributed by atoms with Gasteiger partial charge in [-0.05, 0) is 24.3 Å². The Hall–Kier alpha value is -3.06. The van der Waals surface area contributed by atoms with E-state index in [0.717, 1.165) is 0 Å². The van der Waals surface area contributed by atoms with Crippen molar-refractivity contribution in [2.75, 3.05) is 20.2 Å². The first-order chi connectivity index (χ1) is 13.5. The zero-order valence-corrected chi connectivity index (χ0v) is 16.1. The Bertz CT molecular complexity index is 1110. The molecule has 1 amide bonds. The minimum Gasteiger partial charge on any atom is -0.490 e. The summed E-state index contributed by atoms with van der Waals surface area (Å²) < 4.78 is 7.00. The maximum absolute atomic E-state index is 12.4. The molecule has 0 atom stereocenters. The van der Waals surface area contributed by atoms with Gasteiger partial charge < -0.3 is 9.64 Å². The van der Waals surface area contributed by atoms with E-state index in [-0.39, 0.29) is 18.9 Å². The summed E-state index contributed by atoms with van der Waals surface area (Å²) in [6, 6.07) is 13.9. The molecule has 28 heavy (non-hydrogen) atoms. The normalized spacial score (nSPS) is 10.8. The molecule has 2 aromatic carbocycles. The quantitative estimate of drug-likeness (QED) is 0.658. The molecule has 3 rings (SSSR count). The summed E-state index contributed by atoms with van der Waals surface area (Å²) >= 11 is 6.03. The monoisotopic (exact) mass is 401 g/mol. The number of hydrogen-bond acceptors (Lipinski definition) is 4. The number of rotatable bonds is 7. The minimum atomic E-state index is -0.527. The Labute approximate surface area is 166 Å². The zero-order valence-electron chi connectivity index (χ0n) is 15.4. The third kappa shape index (κ3) is 4.43. The molecular weight excluding hydrogens is 382 g/mol. The lowest BCUT2D eigenvalue weighted by molar-refractivity contribution is -0.130. The third-order valence-electron chi connectivity index (χ3n) is 4.40. The average molecular weight is 402 g/mol. The fourth-order valence-corrected chi connectivity index (χ4v) is 3.03. The first-order valence-corrected chi connectivity index (χ1v) is 9.18. The number of aromatic amines is 1. The molecule has 0 radical (unpaired) electrons. The van der Waals surface area contributed by atoms with E-state index in [1.807, 2.05) is 12.1 Å². The molecule has 0 aliphatic heterocycles. The van der Waals surface area contributed by atoms with Crippen LogP contribution in [0.5, 0.6) is 5.75 Å². The Kier molecular flexibility index (Phi) is 6.16. The van der Waals surface area contributed by atoms with Gasteiger partial charge in [0.25, 0.3) is 5.56 Å². The Balaban J connectivity index is 1.60. The maximum Gasteiger partial charge on any atom is 0.328 e. The van der Waals surface area contributed by atoms with E-state index in [0.29, 0.717) is 34.8 Å². The molecule has 3 aromatic rings. The Morgan fingerprint density at radius 2 is 1.86 bits per heavy atom. The van der Waals surface area contributed by atoms with Crippen molar-refractivity contribution in [3.8, 4) is 5.75 Å². The van der Waals surface area contributed by atoms with Gasteiger partial charge in [-0.25, -0.2) is 4.79 Å². The molecule has 146 valence electrons. The number of fused-ring (bicyclic) bond motifs is 1. The van der Waals surface area contributed by atoms with Crippen LogP contribution in [0.25, 0.3) is 10.9 Å². The van der Waals surface area contributed by atoms with Gasteiger partial charge >= 0.3 is 5.69 Å². The van der Waals surface area contributed by atoms with Crippen LogP contribution in [0.4, 0.5) is 0 Å². The van der Waals surface area contributed by atoms with Gasteiger partial charge in [0.2, 0.25) is 5.91 Å². The zero-order chi connectivity index (χ0) is 20.1. The van der Waals surface area contributed by atoms with Crippen molar-refractivity contribution in [3.63, 3.8) is 0 Å². The average Bonchev–Trinajstić information content (AvgIpc) is 2.69. The molecule has 0 fully saturated rings. The number of benzene rings is 2. The predicted molar refractivity (Wildman–Crippen MR) is 108 cm³/mol. The Morgan fingerprint density at radius 1 is 1.14 bits per heavy atom. The smallest absolute Gasteiger partial charge is 0.328 e. The number of amides is 1. The second-order valence-electron chi connectivity index (χ2n) is 6.27. The van der Waals surface area contributed by atoms with Crippen LogP contribution in [0.15, 0.2) is 58.1 Å². The number of aromatic nitrogens is 2. The minimum absolute atomic E-state index is 0.124. The fraction of sp³-hybridized carbons (Fsp3) is 0.250. The number of hydrogen-bond donors (Lipinski definition) is 1. The highest BCUT2D eigenvalue weighted by molar-refractivity contribution is 6.32. The standard InChI is InChI=1S/C20H20ClN3O4/c1-23(12-13-28-17-9-5-3-7-15(17)21)18(25)10-11-24-16-8-4-2-6-14(16)19(26)22-20(24)27/h2-9H,10-13H2,1H3,(H,22,26,27). The number of carbonyl (C=O) groups is 1. The topological polar surface area (TPSA) is 84.4 Å². The van der Waals surface area contributed by atoms with Gasteiger partial charge in [-0.3, -0.25) is 19.1 Å². The summed E-state index contributed by atoms with van der Waals surface area (Å²) in [5.74, 6) is 0.432. The van der Waals surface area contributed by atoms with Crippen LogP contribution in [-0.2, 0) is 11.3 Å². The number of nitrogens with zero attached hydrogens (tertiary/aromatic N) is 2. The molecule has 0 unspecified atom stereocenters. The molecule has 7 nitrogen and oxygen atoms in total. The molecule has 8 heteroatoms. The largest absolute Gasteiger partial charge is 0.490 e. The lowest BCUT2D eigenvalue weighted by Crippen LogP contribution is -2.34. The number of halogens is 1. The fourth-order valence-electron chi connectivity index (χ4n) is 2.84. The van der Waals surface area contributed by atoms with E-state index in [1.165, 1.54) is 9.47 Å². The van der Waals surface area contributed by atoms with Crippen LogP contribution in [0.2, 0.25) is 5.02 Å². The number of carbonyl (C=O) groups excluding carboxylic acids is 1. The summed E-state index contributed by atoms with van der Waals surface area (Å²) in [5.41, 5.74) is -0.452. The van der Waals surface area contributed by atoms with Crippen molar-refractivity contribution in [1.82, 2.24) is 14.5 Å². The lowest BCUT2D eigenvalue weighted by atomic mass is 10.2. The molecule has 0 saturated carbocycles. The van der Waals surface area contributed by atoms with Crippen LogP contribution in [0.3, 0.4) is 0 Å². The molecule has 0 saturated heterocycles. The molecule has 0 aliphatic rings. The molecule has 1 N–H and O–H groups in total. The van der Waals surface area contributed by atoms with Crippen LogP contribution in [-0.4, -0.2) is 40.6 Å². The predicted octanol–water partition coefficient (Wildman–Crippen LogP) is 2.27. The number of likely N-dealkylation sites (N-methyl/N-ethyl adjacent to an activating group) is 1. The summed E-state index contributed by atoms with van der Waals surface area (Å²) in [7, 11) is 1.67. The van der Waals surface area contributed by atoms with Gasteiger partial charge in [0.1, 0.15) is 12.4 Å². The van der Waals surface area contributed by atoms with Gasteiger partial charge in [0.05, 0.1) is 22.5 Å². The molecule has 1 heterocycles. The summed E-state index contributed by atoms with van der Waals surface area (Å²) in [6.45, 7) is 0.851. The molecular formula is C20H20ClN3O4. The number of nitrogens with one attached hydrogen (secondary N) is 1. The van der Waals surface area contributed by atoms with E-state index in [4.69, 9.17) is 16.3 Å². The molecule has 0 bridgehead atoms. The summed E-state index contributed by atoms with van der Waals surface area (Å²) in [5, 5.41) is 0.928. The number of H-pyrrole nitrogens is 1. The van der Waals surface area contributed by atoms with E-state index >= 15 is 0 Å². The first kappa shape index (κ1) is 19.7. The highest BCUT2D eigenvalue weighted by atomic mass is 35.5. The summed E-state index contributed by atoms with van der Waals surface area (Å²) in [4.78, 5) is 40.3. The van der Waals surface area contributed by atoms with E-state index in [1.54, 1.807) is 43.4 Å². The second-order valence-corrected chi connectivity index (χ2v) is 6.68. The van der Waals surface area contributed by atoms with Crippen molar-refractivity contribution in [2.24, 2.45) is 0 Å². The van der Waals surface area contributed by atoms with Gasteiger partial charge in [-0.1, -0.05) is 35.9 Å². The van der Waals surface area contributed by atoms with E-state index < -0.39 is 11.2 Å².